The van der Waals surface area contributed by atoms with Gasteiger partial charge in [-0.15, -0.1) is 0 Å². The fourth-order valence-corrected chi connectivity index (χ4v) is 2.41. The molecule has 0 radical (unpaired) electrons. The average Bonchev–Trinajstić information content (AvgIpc) is 2.58. The molecule has 0 aliphatic heterocycles. The van der Waals surface area contributed by atoms with E-state index in [-0.39, 0.29) is 0 Å². The molecule has 0 atom stereocenters. The van der Waals surface area contributed by atoms with Crippen molar-refractivity contribution in [3.8, 4) is 0 Å². The van der Waals surface area contributed by atoms with Crippen LogP contribution in [0.1, 0.15) is 39.5 Å². The third-order valence-corrected chi connectivity index (χ3v) is 3.62. The van der Waals surface area contributed by atoms with Gasteiger partial charge < -0.3 is 11.5 Å². The SMILES string of the molecule is CCCC(=Nc1ccc(N)cc1)C(CCC)=Nc1ccc(N)cc1. The number of nitrogens with zero attached hydrogens (tertiary/aromatic N) is 2. The molecule has 2 aromatic rings. The van der Waals surface area contributed by atoms with Crippen molar-refractivity contribution in [2.75, 3.05) is 11.5 Å². The number of aliphatic imine (C=N–C) groups is 2. The second kappa shape index (κ2) is 8.87. The molecule has 4 nitrogen and oxygen atoms in total. The first kappa shape index (κ1) is 17.7. The van der Waals surface area contributed by atoms with E-state index in [1.807, 2.05) is 48.5 Å². The van der Waals surface area contributed by atoms with Crippen LogP contribution in [0.15, 0.2) is 58.5 Å². The molecule has 0 saturated heterocycles. The van der Waals surface area contributed by atoms with E-state index >= 15 is 0 Å². The molecule has 0 aromatic heterocycles. The first-order valence-corrected chi connectivity index (χ1v) is 8.49. The summed E-state index contributed by atoms with van der Waals surface area (Å²) in [6.45, 7) is 4.32. The summed E-state index contributed by atoms with van der Waals surface area (Å²) >= 11 is 0. The van der Waals surface area contributed by atoms with Crippen LogP contribution in [0.4, 0.5) is 22.7 Å². The Labute approximate surface area is 144 Å². The minimum Gasteiger partial charge on any atom is -0.399 e. The van der Waals surface area contributed by atoms with Crippen LogP contribution in [0.2, 0.25) is 0 Å². The largest absolute Gasteiger partial charge is 0.399 e. The van der Waals surface area contributed by atoms with Gasteiger partial charge in [-0.1, -0.05) is 26.7 Å². The number of rotatable bonds is 7. The Balaban J connectivity index is 2.39. The molecule has 0 bridgehead atoms. The van der Waals surface area contributed by atoms with Gasteiger partial charge in [-0.3, -0.25) is 9.98 Å². The zero-order valence-electron chi connectivity index (χ0n) is 14.5. The van der Waals surface area contributed by atoms with E-state index in [0.717, 1.165) is 59.9 Å². The maximum absolute atomic E-state index is 5.76. The Morgan fingerprint density at radius 1 is 0.667 bits per heavy atom. The van der Waals surface area contributed by atoms with Crippen LogP contribution < -0.4 is 11.5 Å². The molecule has 24 heavy (non-hydrogen) atoms. The molecular weight excluding hydrogens is 296 g/mol. The van der Waals surface area contributed by atoms with E-state index in [0.29, 0.717) is 0 Å². The smallest absolute Gasteiger partial charge is 0.0635 e. The fourth-order valence-electron chi connectivity index (χ4n) is 2.41. The van der Waals surface area contributed by atoms with Crippen molar-refractivity contribution in [3.63, 3.8) is 0 Å². The topological polar surface area (TPSA) is 76.8 Å². The Bertz CT molecular complexity index is 634. The minimum absolute atomic E-state index is 0.746. The normalized spacial score (nSPS) is 12.4. The molecule has 2 aromatic carbocycles. The third-order valence-electron chi connectivity index (χ3n) is 3.62. The van der Waals surface area contributed by atoms with Gasteiger partial charge in [0, 0.05) is 11.4 Å². The summed E-state index contributed by atoms with van der Waals surface area (Å²) in [6, 6.07) is 15.3. The highest BCUT2D eigenvalue weighted by Crippen LogP contribution is 2.19. The van der Waals surface area contributed by atoms with Gasteiger partial charge in [-0.25, -0.2) is 0 Å². The van der Waals surface area contributed by atoms with Crippen LogP contribution in [-0.4, -0.2) is 11.4 Å². The first-order valence-electron chi connectivity index (χ1n) is 8.49. The standard InChI is InChI=1S/C20H26N4/c1-3-5-19(23-17-11-7-15(21)8-12-17)20(6-4-2)24-18-13-9-16(22)10-14-18/h7-14H,3-6,21-22H2,1-2H3. The van der Waals surface area contributed by atoms with Crippen LogP contribution in [-0.2, 0) is 0 Å². The molecule has 0 heterocycles. The molecule has 0 fully saturated rings. The number of nitrogen functional groups attached to an aromatic ring is 2. The Hall–Kier alpha value is -2.62. The van der Waals surface area contributed by atoms with E-state index in [4.69, 9.17) is 21.5 Å². The second-order valence-electron chi connectivity index (χ2n) is 5.80. The summed E-state index contributed by atoms with van der Waals surface area (Å²) in [5, 5.41) is 0. The molecule has 0 spiro atoms. The lowest BCUT2D eigenvalue weighted by Crippen LogP contribution is -2.13. The minimum atomic E-state index is 0.746. The Morgan fingerprint density at radius 3 is 1.29 bits per heavy atom. The predicted molar refractivity (Wildman–Crippen MR) is 106 cm³/mol. The van der Waals surface area contributed by atoms with Gasteiger partial charge in [0.05, 0.1) is 22.8 Å². The quantitative estimate of drug-likeness (QED) is 0.536. The summed E-state index contributed by atoms with van der Waals surface area (Å²) in [6.07, 6.45) is 3.85. The molecule has 0 aliphatic rings. The van der Waals surface area contributed by atoms with Gasteiger partial charge in [-0.2, -0.15) is 0 Å². The van der Waals surface area contributed by atoms with Gasteiger partial charge in [0.25, 0.3) is 0 Å². The van der Waals surface area contributed by atoms with Crippen molar-refractivity contribution in [1.82, 2.24) is 0 Å². The Morgan fingerprint density at radius 2 is 1.00 bits per heavy atom. The van der Waals surface area contributed by atoms with Gasteiger partial charge in [0.1, 0.15) is 0 Å². The third kappa shape index (κ3) is 5.23. The molecule has 4 heteroatoms. The maximum atomic E-state index is 5.76. The van der Waals surface area contributed by atoms with Crippen LogP contribution in [0.5, 0.6) is 0 Å². The molecular formula is C20H26N4. The summed E-state index contributed by atoms with van der Waals surface area (Å²) in [4.78, 5) is 9.66. The van der Waals surface area contributed by atoms with Crippen LogP contribution in [0.25, 0.3) is 0 Å². The molecule has 0 aliphatic carbocycles. The number of nitrogens with two attached hydrogens (primary N) is 2. The van der Waals surface area contributed by atoms with E-state index in [9.17, 15) is 0 Å². The molecule has 4 N–H and O–H groups in total. The summed E-state index contributed by atoms with van der Waals surface area (Å²) in [7, 11) is 0. The molecule has 0 saturated carbocycles. The van der Waals surface area contributed by atoms with Gasteiger partial charge in [-0.05, 0) is 61.4 Å². The van der Waals surface area contributed by atoms with E-state index < -0.39 is 0 Å². The highest BCUT2D eigenvalue weighted by atomic mass is 14.8. The monoisotopic (exact) mass is 322 g/mol. The molecule has 2 rings (SSSR count). The first-order chi connectivity index (χ1) is 11.6. The van der Waals surface area contributed by atoms with Crippen LogP contribution >= 0.6 is 0 Å². The molecule has 126 valence electrons. The number of benzene rings is 2. The second-order valence-corrected chi connectivity index (χ2v) is 5.80. The van der Waals surface area contributed by atoms with E-state index in [2.05, 4.69) is 13.8 Å². The van der Waals surface area contributed by atoms with Crippen molar-refractivity contribution < 1.29 is 0 Å². The van der Waals surface area contributed by atoms with E-state index in [1.54, 1.807) is 0 Å². The van der Waals surface area contributed by atoms with Gasteiger partial charge in [0.2, 0.25) is 0 Å². The zero-order chi connectivity index (χ0) is 17.4. The lowest BCUT2D eigenvalue weighted by Gasteiger charge is -2.10. The van der Waals surface area contributed by atoms with E-state index in [1.165, 1.54) is 0 Å². The van der Waals surface area contributed by atoms with Gasteiger partial charge >= 0.3 is 0 Å². The van der Waals surface area contributed by atoms with Crippen LogP contribution in [0.3, 0.4) is 0 Å². The zero-order valence-corrected chi connectivity index (χ0v) is 14.5. The maximum Gasteiger partial charge on any atom is 0.0635 e. The lowest BCUT2D eigenvalue weighted by molar-refractivity contribution is 0.973. The predicted octanol–water partition coefficient (Wildman–Crippen LogP) is 5.30. The average molecular weight is 322 g/mol. The number of hydrogen-bond acceptors (Lipinski definition) is 4. The fraction of sp³-hybridized carbons (Fsp3) is 0.300. The van der Waals surface area contributed by atoms with Crippen molar-refractivity contribution in [3.05, 3.63) is 48.5 Å². The molecule has 0 amide bonds. The van der Waals surface area contributed by atoms with Crippen LogP contribution in [0, 0.1) is 0 Å². The Kier molecular flexibility index (Phi) is 6.55. The number of hydrogen-bond donors (Lipinski definition) is 2. The van der Waals surface area contributed by atoms with Gasteiger partial charge in [0.15, 0.2) is 0 Å². The summed E-state index contributed by atoms with van der Waals surface area (Å²) < 4.78 is 0. The van der Waals surface area contributed by atoms with Crippen molar-refractivity contribution in [1.29, 1.82) is 0 Å². The summed E-state index contributed by atoms with van der Waals surface area (Å²) in [5.41, 5.74) is 16.9. The number of anilines is 2. The molecule has 0 unspecified atom stereocenters. The van der Waals surface area contributed by atoms with Crippen molar-refractivity contribution in [2.45, 2.75) is 39.5 Å². The lowest BCUT2D eigenvalue weighted by atomic mass is 10.1. The highest BCUT2D eigenvalue weighted by Gasteiger charge is 2.09. The summed E-state index contributed by atoms with van der Waals surface area (Å²) in [5.74, 6) is 0. The van der Waals surface area contributed by atoms with Crippen molar-refractivity contribution >= 4 is 34.2 Å². The highest BCUT2D eigenvalue weighted by molar-refractivity contribution is 6.43. The van der Waals surface area contributed by atoms with Crippen molar-refractivity contribution in [2.24, 2.45) is 9.98 Å².